The molecule has 148 valence electrons. The van der Waals surface area contributed by atoms with Crippen molar-refractivity contribution in [1.29, 1.82) is 0 Å². The molecule has 0 unspecified atom stereocenters. The zero-order chi connectivity index (χ0) is 20.5. The highest BCUT2D eigenvalue weighted by Gasteiger charge is 2.18. The summed E-state index contributed by atoms with van der Waals surface area (Å²) in [5.74, 6) is -0.149. The lowest BCUT2D eigenvalue weighted by atomic mass is 10.00. The largest absolute Gasteiger partial charge is 0.326 e. The molecular formula is C24H18N2O2S2. The molecule has 0 saturated carbocycles. The maximum absolute atomic E-state index is 12.5. The summed E-state index contributed by atoms with van der Waals surface area (Å²) in [7, 11) is 0. The normalized spacial score (nSPS) is 12.3. The quantitative estimate of drug-likeness (QED) is 0.372. The van der Waals surface area contributed by atoms with Gasteiger partial charge < -0.3 is 5.32 Å². The van der Waals surface area contributed by atoms with Crippen LogP contribution in [0.4, 0.5) is 5.69 Å². The zero-order valence-electron chi connectivity index (χ0n) is 16.1. The third kappa shape index (κ3) is 3.72. The summed E-state index contributed by atoms with van der Waals surface area (Å²) in [6.07, 6.45) is 2.24. The first-order chi connectivity index (χ1) is 14.7. The summed E-state index contributed by atoms with van der Waals surface area (Å²) >= 11 is 3.15. The minimum absolute atomic E-state index is 0.00667. The van der Waals surface area contributed by atoms with E-state index in [4.69, 9.17) is 0 Å². The number of ketones is 1. The van der Waals surface area contributed by atoms with Crippen LogP contribution in [0.2, 0.25) is 0 Å². The number of Topliss-reactive ketones (excluding diaryl/α,β-unsaturated/α-hetero) is 1. The second-order valence-corrected chi connectivity index (χ2v) is 9.19. The van der Waals surface area contributed by atoms with Gasteiger partial charge in [0.05, 0.1) is 11.4 Å². The fourth-order valence-electron chi connectivity index (χ4n) is 3.64. The summed E-state index contributed by atoms with van der Waals surface area (Å²) in [6.45, 7) is 0.655. The third-order valence-corrected chi connectivity index (χ3v) is 7.17. The predicted octanol–water partition coefficient (Wildman–Crippen LogP) is 6.16. The van der Waals surface area contributed by atoms with E-state index in [0.29, 0.717) is 11.4 Å². The van der Waals surface area contributed by atoms with Gasteiger partial charge in [0.1, 0.15) is 0 Å². The fraction of sp³-hybridized carbons (Fsp3) is 0.125. The smallest absolute Gasteiger partial charge is 0.224 e. The van der Waals surface area contributed by atoms with Gasteiger partial charge in [-0.2, -0.15) is 0 Å². The number of amides is 1. The first-order valence-electron chi connectivity index (χ1n) is 9.69. The average molecular weight is 431 g/mol. The standard InChI is InChI=1S/C24H18N2O2S2/c27-20(22-6-3-9-29-22)7-8-24(28)26-17-10-16-13-25-14-19(16)18(12-17)23-11-15-4-1-2-5-21(15)30-23/h1-6,9-13H,7-8,14H2,(H,26,28). The molecule has 5 rings (SSSR count). The summed E-state index contributed by atoms with van der Waals surface area (Å²) < 4.78 is 1.24. The van der Waals surface area contributed by atoms with Gasteiger partial charge in [-0.15, -0.1) is 22.7 Å². The minimum atomic E-state index is -0.155. The number of thiophene rings is 2. The SMILES string of the molecule is O=C(CCC(=O)c1cccs1)Nc1cc2c(c(-c3cc4ccccc4s3)c1)CN=C2. The predicted molar refractivity (Wildman–Crippen MR) is 125 cm³/mol. The molecule has 3 heterocycles. The van der Waals surface area contributed by atoms with Gasteiger partial charge in [0.2, 0.25) is 5.91 Å². The Bertz CT molecular complexity index is 1250. The molecule has 30 heavy (non-hydrogen) atoms. The van der Waals surface area contributed by atoms with E-state index in [0.717, 1.165) is 16.8 Å². The molecule has 1 N–H and O–H groups in total. The number of rotatable bonds is 6. The van der Waals surface area contributed by atoms with E-state index >= 15 is 0 Å². The van der Waals surface area contributed by atoms with E-state index in [-0.39, 0.29) is 24.5 Å². The number of benzene rings is 2. The molecule has 1 aliphatic heterocycles. The first kappa shape index (κ1) is 18.9. The number of nitrogens with zero attached hydrogens (tertiary/aromatic N) is 1. The van der Waals surface area contributed by atoms with Gasteiger partial charge in [-0.05, 0) is 52.2 Å². The molecule has 1 amide bonds. The number of carbonyl (C=O) groups excluding carboxylic acids is 2. The van der Waals surface area contributed by atoms with Crippen molar-refractivity contribution in [2.24, 2.45) is 4.99 Å². The van der Waals surface area contributed by atoms with E-state index in [1.54, 1.807) is 17.4 Å². The highest BCUT2D eigenvalue weighted by molar-refractivity contribution is 7.22. The first-order valence-corrected chi connectivity index (χ1v) is 11.4. The molecule has 4 aromatic rings. The highest BCUT2D eigenvalue weighted by Crippen LogP contribution is 2.39. The lowest BCUT2D eigenvalue weighted by Gasteiger charge is -2.11. The van der Waals surface area contributed by atoms with Crippen LogP contribution >= 0.6 is 22.7 Å². The van der Waals surface area contributed by atoms with Gasteiger partial charge in [0, 0.05) is 39.9 Å². The number of hydrogen-bond acceptors (Lipinski definition) is 5. The van der Waals surface area contributed by atoms with Crippen LogP contribution in [-0.4, -0.2) is 17.9 Å². The van der Waals surface area contributed by atoms with Crippen molar-refractivity contribution in [1.82, 2.24) is 0 Å². The van der Waals surface area contributed by atoms with Crippen LogP contribution in [0.5, 0.6) is 0 Å². The van der Waals surface area contributed by atoms with E-state index in [2.05, 4.69) is 28.5 Å². The summed E-state index contributed by atoms with van der Waals surface area (Å²) in [5, 5.41) is 6.06. The van der Waals surface area contributed by atoms with E-state index in [9.17, 15) is 9.59 Å². The van der Waals surface area contributed by atoms with E-state index < -0.39 is 0 Å². The molecule has 0 saturated heterocycles. The molecular weight excluding hydrogens is 412 g/mol. The highest BCUT2D eigenvalue weighted by atomic mass is 32.1. The van der Waals surface area contributed by atoms with Gasteiger partial charge in [0.25, 0.3) is 0 Å². The van der Waals surface area contributed by atoms with Crippen molar-refractivity contribution in [3.8, 4) is 10.4 Å². The number of anilines is 1. The third-order valence-electron chi connectivity index (χ3n) is 5.11. The molecule has 1 aliphatic rings. The molecule has 0 aliphatic carbocycles. The van der Waals surface area contributed by atoms with Gasteiger partial charge in [-0.3, -0.25) is 14.6 Å². The van der Waals surface area contributed by atoms with Crippen LogP contribution in [0.25, 0.3) is 20.5 Å². The number of aliphatic imine (C=N–C) groups is 1. The Labute approximate surface area is 181 Å². The molecule has 2 aromatic heterocycles. The number of fused-ring (bicyclic) bond motifs is 2. The molecule has 0 atom stereocenters. The van der Waals surface area contributed by atoms with Crippen molar-refractivity contribution in [2.45, 2.75) is 19.4 Å². The lowest BCUT2D eigenvalue weighted by molar-refractivity contribution is -0.116. The van der Waals surface area contributed by atoms with Gasteiger partial charge in [-0.1, -0.05) is 24.3 Å². The molecule has 0 radical (unpaired) electrons. The molecule has 0 spiro atoms. The monoisotopic (exact) mass is 430 g/mol. The molecule has 2 aromatic carbocycles. The van der Waals surface area contributed by atoms with Gasteiger partial charge in [-0.25, -0.2) is 0 Å². The van der Waals surface area contributed by atoms with Crippen molar-refractivity contribution < 1.29 is 9.59 Å². The Kier molecular flexibility index (Phi) is 5.02. The van der Waals surface area contributed by atoms with Crippen LogP contribution in [0.15, 0.2) is 65.0 Å². The molecule has 0 bridgehead atoms. The van der Waals surface area contributed by atoms with Crippen LogP contribution in [0.3, 0.4) is 0 Å². The Balaban J connectivity index is 1.38. The van der Waals surface area contributed by atoms with E-state index in [1.807, 2.05) is 41.9 Å². The van der Waals surface area contributed by atoms with E-state index in [1.165, 1.54) is 31.9 Å². The topological polar surface area (TPSA) is 58.5 Å². The molecule has 0 fully saturated rings. The maximum Gasteiger partial charge on any atom is 0.224 e. The number of nitrogens with one attached hydrogen (secondary N) is 1. The minimum Gasteiger partial charge on any atom is -0.326 e. The molecule has 4 nitrogen and oxygen atoms in total. The summed E-state index contributed by atoms with van der Waals surface area (Å²) in [6, 6.07) is 18.1. The van der Waals surface area contributed by atoms with Gasteiger partial charge in [0.15, 0.2) is 5.78 Å². The van der Waals surface area contributed by atoms with Crippen LogP contribution in [-0.2, 0) is 11.3 Å². The summed E-state index contributed by atoms with van der Waals surface area (Å²) in [5.41, 5.74) is 4.07. The average Bonchev–Trinajstić information content (AvgIpc) is 3.51. The zero-order valence-corrected chi connectivity index (χ0v) is 17.7. The molecule has 6 heteroatoms. The van der Waals surface area contributed by atoms with Crippen molar-refractivity contribution in [2.75, 3.05) is 5.32 Å². The Morgan fingerprint density at radius 1 is 1.03 bits per heavy atom. The van der Waals surface area contributed by atoms with Gasteiger partial charge >= 0.3 is 0 Å². The second kappa shape index (κ2) is 7.97. The Hall–Kier alpha value is -3.09. The van der Waals surface area contributed by atoms with Crippen LogP contribution in [0, 0.1) is 0 Å². The van der Waals surface area contributed by atoms with Crippen molar-refractivity contribution >= 4 is 56.4 Å². The van der Waals surface area contributed by atoms with Crippen LogP contribution < -0.4 is 5.32 Å². The van der Waals surface area contributed by atoms with Crippen molar-refractivity contribution in [3.63, 3.8) is 0 Å². The lowest BCUT2D eigenvalue weighted by Crippen LogP contribution is -2.13. The van der Waals surface area contributed by atoms with Crippen molar-refractivity contribution in [3.05, 3.63) is 76.0 Å². The maximum atomic E-state index is 12.5. The Morgan fingerprint density at radius 3 is 2.77 bits per heavy atom. The summed E-state index contributed by atoms with van der Waals surface area (Å²) in [4.78, 5) is 30.9. The Morgan fingerprint density at radius 2 is 1.93 bits per heavy atom. The van der Waals surface area contributed by atoms with Crippen LogP contribution in [0.1, 0.15) is 33.6 Å². The second-order valence-electron chi connectivity index (χ2n) is 7.16. The fourth-order valence-corrected chi connectivity index (χ4v) is 5.44. The number of carbonyl (C=O) groups is 2. The number of hydrogen-bond donors (Lipinski definition) is 1.